The van der Waals surface area contributed by atoms with Crippen molar-refractivity contribution >= 4 is 0 Å². The van der Waals surface area contributed by atoms with Crippen LogP contribution in [0.4, 0.5) is 8.78 Å². The lowest BCUT2D eigenvalue weighted by Crippen LogP contribution is -2.23. The summed E-state index contributed by atoms with van der Waals surface area (Å²) in [4.78, 5) is 0. The van der Waals surface area contributed by atoms with Gasteiger partial charge >= 0.3 is 0 Å². The molecule has 1 unspecified atom stereocenters. The lowest BCUT2D eigenvalue weighted by atomic mass is 9.87. The number of aliphatic hydroxyl groups is 1. The van der Waals surface area contributed by atoms with Crippen LogP contribution in [0.2, 0.25) is 0 Å². The Balaban J connectivity index is 2.50. The minimum atomic E-state index is -1.42. The van der Waals surface area contributed by atoms with Crippen molar-refractivity contribution < 1.29 is 13.9 Å². The van der Waals surface area contributed by atoms with Crippen LogP contribution in [0, 0.1) is 11.6 Å². The van der Waals surface area contributed by atoms with Gasteiger partial charge < -0.3 is 5.11 Å². The second kappa shape index (κ2) is 5.10. The van der Waals surface area contributed by atoms with Crippen molar-refractivity contribution in [2.75, 3.05) is 0 Å². The minimum Gasteiger partial charge on any atom is -0.381 e. The van der Waals surface area contributed by atoms with Gasteiger partial charge in [-0.3, -0.25) is 0 Å². The molecule has 2 rings (SSSR count). The fraction of sp³-hybridized carbons (Fsp3) is 0.250. The first-order chi connectivity index (χ1) is 8.93. The van der Waals surface area contributed by atoms with Crippen molar-refractivity contribution in [2.45, 2.75) is 25.9 Å². The Kier molecular flexibility index (Phi) is 3.67. The van der Waals surface area contributed by atoms with E-state index < -0.39 is 17.2 Å². The van der Waals surface area contributed by atoms with Crippen molar-refractivity contribution in [3.8, 4) is 0 Å². The van der Waals surface area contributed by atoms with Crippen LogP contribution >= 0.6 is 0 Å². The van der Waals surface area contributed by atoms with Gasteiger partial charge in [-0.05, 0) is 42.2 Å². The Hall–Kier alpha value is -1.74. The molecule has 3 heteroatoms. The molecular weight excluding hydrogens is 246 g/mol. The maximum Gasteiger partial charge on any atom is 0.126 e. The second-order valence-electron chi connectivity index (χ2n) is 4.78. The molecule has 0 radical (unpaired) electrons. The molecule has 2 aromatic rings. The lowest BCUT2D eigenvalue weighted by molar-refractivity contribution is 0.101. The van der Waals surface area contributed by atoms with Gasteiger partial charge in [0.2, 0.25) is 0 Å². The Morgan fingerprint density at radius 2 is 1.63 bits per heavy atom. The zero-order chi connectivity index (χ0) is 14.0. The summed E-state index contributed by atoms with van der Waals surface area (Å²) in [7, 11) is 0. The first-order valence-electron chi connectivity index (χ1n) is 6.22. The van der Waals surface area contributed by atoms with E-state index in [-0.39, 0.29) is 5.56 Å². The number of hydrogen-bond acceptors (Lipinski definition) is 1. The van der Waals surface area contributed by atoms with Gasteiger partial charge in [-0.15, -0.1) is 0 Å². The molecule has 0 spiro atoms. The van der Waals surface area contributed by atoms with Gasteiger partial charge in [-0.2, -0.15) is 0 Å². The van der Waals surface area contributed by atoms with Gasteiger partial charge in [0.15, 0.2) is 0 Å². The molecule has 2 aromatic carbocycles. The van der Waals surface area contributed by atoms with Gasteiger partial charge in [0, 0.05) is 6.07 Å². The van der Waals surface area contributed by atoms with Crippen LogP contribution in [-0.4, -0.2) is 5.11 Å². The van der Waals surface area contributed by atoms with Gasteiger partial charge in [-0.25, -0.2) is 8.78 Å². The van der Waals surface area contributed by atoms with Gasteiger partial charge in [-0.1, -0.05) is 31.2 Å². The van der Waals surface area contributed by atoms with Gasteiger partial charge in [0.05, 0.1) is 0 Å². The van der Waals surface area contributed by atoms with Crippen molar-refractivity contribution in [3.63, 3.8) is 0 Å². The third kappa shape index (κ3) is 2.82. The maximum atomic E-state index is 13.3. The topological polar surface area (TPSA) is 20.2 Å². The summed E-state index contributed by atoms with van der Waals surface area (Å²) in [5, 5.41) is 10.6. The normalized spacial score (nSPS) is 14.2. The summed E-state index contributed by atoms with van der Waals surface area (Å²) < 4.78 is 26.5. The Morgan fingerprint density at radius 1 is 1.00 bits per heavy atom. The summed E-state index contributed by atoms with van der Waals surface area (Å²) in [6.07, 6.45) is 0.835. The molecule has 100 valence electrons. The fourth-order valence-electron chi connectivity index (χ4n) is 2.10. The van der Waals surface area contributed by atoms with Crippen LogP contribution in [0.3, 0.4) is 0 Å². The molecule has 1 N–H and O–H groups in total. The molecule has 0 fully saturated rings. The highest BCUT2D eigenvalue weighted by atomic mass is 19.1. The molecule has 0 aliphatic rings. The molecule has 1 nitrogen and oxygen atoms in total. The van der Waals surface area contributed by atoms with E-state index in [1.807, 2.05) is 25.1 Å². The fourth-order valence-corrected chi connectivity index (χ4v) is 2.10. The molecule has 0 saturated carbocycles. The minimum absolute atomic E-state index is 0.207. The summed E-state index contributed by atoms with van der Waals surface area (Å²) >= 11 is 0. The molecule has 19 heavy (non-hydrogen) atoms. The predicted molar refractivity (Wildman–Crippen MR) is 70.9 cm³/mol. The second-order valence-corrected chi connectivity index (χ2v) is 4.78. The average Bonchev–Trinajstić information content (AvgIpc) is 2.37. The first-order valence-corrected chi connectivity index (χ1v) is 6.22. The van der Waals surface area contributed by atoms with E-state index in [4.69, 9.17) is 0 Å². The Morgan fingerprint density at radius 3 is 2.21 bits per heavy atom. The highest BCUT2D eigenvalue weighted by Crippen LogP contribution is 2.30. The molecular formula is C16H16F2O. The van der Waals surface area contributed by atoms with Gasteiger partial charge in [0.1, 0.15) is 17.2 Å². The largest absolute Gasteiger partial charge is 0.381 e. The summed E-state index contributed by atoms with van der Waals surface area (Å²) in [6.45, 7) is 3.55. The molecule has 0 aliphatic carbocycles. The van der Waals surface area contributed by atoms with Crippen molar-refractivity contribution in [2.24, 2.45) is 0 Å². The zero-order valence-corrected chi connectivity index (χ0v) is 11.0. The van der Waals surface area contributed by atoms with Crippen LogP contribution in [0.1, 0.15) is 30.5 Å². The third-order valence-electron chi connectivity index (χ3n) is 3.32. The molecule has 0 heterocycles. The standard InChI is InChI=1S/C16H16F2O/c1-3-11-5-4-6-12(7-11)16(2,19)13-8-14(17)10-15(18)9-13/h4-10,19H,3H2,1-2H3. The number of aryl methyl sites for hydroxylation is 1. The lowest BCUT2D eigenvalue weighted by Gasteiger charge is -2.25. The molecule has 0 amide bonds. The van der Waals surface area contributed by atoms with E-state index in [0.29, 0.717) is 5.56 Å². The van der Waals surface area contributed by atoms with E-state index in [2.05, 4.69) is 0 Å². The molecule has 0 bridgehead atoms. The molecule has 0 saturated heterocycles. The van der Waals surface area contributed by atoms with E-state index in [0.717, 1.165) is 30.2 Å². The predicted octanol–water partition coefficient (Wildman–Crippen LogP) is 3.78. The Labute approximate surface area is 111 Å². The van der Waals surface area contributed by atoms with Crippen LogP contribution in [0.15, 0.2) is 42.5 Å². The van der Waals surface area contributed by atoms with Crippen molar-refractivity contribution in [1.82, 2.24) is 0 Å². The third-order valence-corrected chi connectivity index (χ3v) is 3.32. The first kappa shape index (κ1) is 13.7. The summed E-state index contributed by atoms with van der Waals surface area (Å²) in [5.74, 6) is -1.39. The maximum absolute atomic E-state index is 13.3. The van der Waals surface area contributed by atoms with Crippen molar-refractivity contribution in [1.29, 1.82) is 0 Å². The zero-order valence-electron chi connectivity index (χ0n) is 11.0. The number of benzene rings is 2. The van der Waals surface area contributed by atoms with Crippen LogP contribution in [-0.2, 0) is 12.0 Å². The van der Waals surface area contributed by atoms with Crippen LogP contribution < -0.4 is 0 Å². The molecule has 0 aromatic heterocycles. The average molecular weight is 262 g/mol. The smallest absolute Gasteiger partial charge is 0.126 e. The molecule has 1 atom stereocenters. The van der Waals surface area contributed by atoms with E-state index in [1.165, 1.54) is 6.92 Å². The Bertz CT molecular complexity index is 571. The number of halogens is 2. The summed E-state index contributed by atoms with van der Waals surface area (Å²) in [5.41, 5.74) is 0.471. The monoisotopic (exact) mass is 262 g/mol. The van der Waals surface area contributed by atoms with Crippen LogP contribution in [0.25, 0.3) is 0 Å². The SMILES string of the molecule is CCc1cccc(C(C)(O)c2cc(F)cc(F)c2)c1. The number of rotatable bonds is 3. The van der Waals surface area contributed by atoms with Crippen LogP contribution in [0.5, 0.6) is 0 Å². The highest BCUT2D eigenvalue weighted by Gasteiger charge is 2.26. The number of hydrogen-bond donors (Lipinski definition) is 1. The molecule has 0 aliphatic heterocycles. The van der Waals surface area contributed by atoms with Crippen molar-refractivity contribution in [3.05, 3.63) is 70.8 Å². The van der Waals surface area contributed by atoms with E-state index >= 15 is 0 Å². The van der Waals surface area contributed by atoms with Gasteiger partial charge in [0.25, 0.3) is 0 Å². The quantitative estimate of drug-likeness (QED) is 0.892. The van der Waals surface area contributed by atoms with E-state index in [9.17, 15) is 13.9 Å². The highest BCUT2D eigenvalue weighted by molar-refractivity contribution is 5.37. The summed E-state index contributed by atoms with van der Waals surface area (Å²) in [6, 6.07) is 10.5. The van der Waals surface area contributed by atoms with E-state index in [1.54, 1.807) is 6.07 Å².